The average Bonchev–Trinajstić information content (AvgIpc) is 2.39. The summed E-state index contributed by atoms with van der Waals surface area (Å²) in [5.74, 6) is 0.768. The fraction of sp³-hybridized carbons (Fsp3) is 0.500. The molecule has 0 aliphatic carbocycles. The van der Waals surface area contributed by atoms with Gasteiger partial charge in [-0.3, -0.25) is 0 Å². The van der Waals surface area contributed by atoms with Crippen LogP contribution < -0.4 is 15.2 Å². The topological polar surface area (TPSA) is 70.8 Å². The molecule has 0 saturated heterocycles. The summed E-state index contributed by atoms with van der Waals surface area (Å²) < 4.78 is 15.7. The molecular formula is C14H21NO4. The third-order valence-corrected chi connectivity index (χ3v) is 2.39. The zero-order valence-electron chi connectivity index (χ0n) is 11.5. The first-order chi connectivity index (χ1) is 9.21. The summed E-state index contributed by atoms with van der Waals surface area (Å²) in [7, 11) is 0. The van der Waals surface area contributed by atoms with Crippen molar-refractivity contribution in [3.8, 4) is 11.5 Å². The van der Waals surface area contributed by atoms with Gasteiger partial charge in [0.1, 0.15) is 0 Å². The number of rotatable bonds is 8. The van der Waals surface area contributed by atoms with Crippen LogP contribution in [0.2, 0.25) is 0 Å². The quantitative estimate of drug-likeness (QED) is 0.723. The normalized spacial score (nSPS) is 10.1. The lowest BCUT2D eigenvalue weighted by Gasteiger charge is -2.12. The van der Waals surface area contributed by atoms with Crippen LogP contribution in [-0.2, 0) is 16.0 Å². The molecule has 1 rings (SSSR count). The van der Waals surface area contributed by atoms with E-state index in [-0.39, 0.29) is 6.61 Å². The number of ether oxygens (including phenoxy) is 3. The molecule has 0 aromatic heterocycles. The summed E-state index contributed by atoms with van der Waals surface area (Å²) in [6.45, 7) is 4.98. The Morgan fingerprint density at radius 1 is 1.16 bits per heavy atom. The number of hydrogen-bond donors (Lipinski definition) is 1. The van der Waals surface area contributed by atoms with Crippen LogP contribution in [0, 0.1) is 0 Å². The van der Waals surface area contributed by atoms with Gasteiger partial charge in [-0.2, -0.15) is 0 Å². The van der Waals surface area contributed by atoms with Crippen molar-refractivity contribution in [2.75, 3.05) is 26.4 Å². The second kappa shape index (κ2) is 8.37. The van der Waals surface area contributed by atoms with E-state index in [1.807, 2.05) is 19.1 Å². The molecule has 5 nitrogen and oxygen atoms in total. The van der Waals surface area contributed by atoms with Gasteiger partial charge in [-0.15, -0.1) is 0 Å². The molecular weight excluding hydrogens is 246 g/mol. The molecule has 5 heteroatoms. The Kier molecular flexibility index (Phi) is 6.74. The predicted molar refractivity (Wildman–Crippen MR) is 72.5 cm³/mol. The Morgan fingerprint density at radius 3 is 2.58 bits per heavy atom. The van der Waals surface area contributed by atoms with Gasteiger partial charge in [0.25, 0.3) is 0 Å². The van der Waals surface area contributed by atoms with E-state index in [4.69, 9.17) is 19.9 Å². The second-order valence-corrected chi connectivity index (χ2v) is 3.85. The Hall–Kier alpha value is -1.75. The average molecular weight is 267 g/mol. The van der Waals surface area contributed by atoms with Crippen molar-refractivity contribution in [1.29, 1.82) is 0 Å². The Labute approximate surface area is 113 Å². The van der Waals surface area contributed by atoms with Gasteiger partial charge in [0, 0.05) is 0 Å². The van der Waals surface area contributed by atoms with Gasteiger partial charge >= 0.3 is 5.97 Å². The molecule has 1 aromatic rings. The van der Waals surface area contributed by atoms with Crippen LogP contribution in [0.5, 0.6) is 11.5 Å². The van der Waals surface area contributed by atoms with E-state index >= 15 is 0 Å². The fourth-order valence-corrected chi connectivity index (χ4v) is 1.60. The monoisotopic (exact) mass is 267 g/mol. The molecule has 0 fully saturated rings. The van der Waals surface area contributed by atoms with Crippen LogP contribution in [0.15, 0.2) is 18.2 Å². The number of carbonyl (C=O) groups is 1. The largest absolute Gasteiger partial charge is 0.490 e. The summed E-state index contributed by atoms with van der Waals surface area (Å²) >= 11 is 0. The molecule has 0 heterocycles. The number of nitrogens with two attached hydrogens (primary N) is 1. The summed E-state index contributed by atoms with van der Waals surface area (Å²) in [4.78, 5) is 11.3. The van der Waals surface area contributed by atoms with Crippen molar-refractivity contribution in [3.05, 3.63) is 23.8 Å². The second-order valence-electron chi connectivity index (χ2n) is 3.85. The van der Waals surface area contributed by atoms with Gasteiger partial charge in [-0.05, 0) is 44.5 Å². The van der Waals surface area contributed by atoms with E-state index in [0.29, 0.717) is 31.3 Å². The van der Waals surface area contributed by atoms with Crippen LogP contribution in [0.1, 0.15) is 19.4 Å². The number of hydrogen-bond acceptors (Lipinski definition) is 5. The van der Waals surface area contributed by atoms with Gasteiger partial charge < -0.3 is 19.9 Å². The minimum absolute atomic E-state index is 0.121. The van der Waals surface area contributed by atoms with Crippen LogP contribution in [0.25, 0.3) is 0 Å². The van der Waals surface area contributed by atoms with E-state index < -0.39 is 5.97 Å². The molecule has 0 unspecified atom stereocenters. The van der Waals surface area contributed by atoms with Crippen molar-refractivity contribution < 1.29 is 19.0 Å². The first-order valence-electron chi connectivity index (χ1n) is 6.45. The third-order valence-electron chi connectivity index (χ3n) is 2.39. The predicted octanol–water partition coefficient (Wildman–Crippen LogP) is 1.53. The Balaban J connectivity index is 2.72. The first-order valence-corrected chi connectivity index (χ1v) is 6.45. The van der Waals surface area contributed by atoms with Gasteiger partial charge in [-0.25, -0.2) is 4.79 Å². The molecule has 0 aliphatic heterocycles. The van der Waals surface area contributed by atoms with E-state index in [1.165, 1.54) is 0 Å². The Morgan fingerprint density at radius 2 is 1.95 bits per heavy atom. The lowest BCUT2D eigenvalue weighted by Crippen LogP contribution is -2.15. The third kappa shape index (κ3) is 5.18. The van der Waals surface area contributed by atoms with Crippen LogP contribution >= 0.6 is 0 Å². The highest BCUT2D eigenvalue weighted by atomic mass is 16.6. The SMILES string of the molecule is CCOC(=O)COc1ccc(CCN)cc1OCC. The molecule has 1 aromatic carbocycles. The van der Waals surface area contributed by atoms with Crippen LogP contribution in [0.4, 0.5) is 0 Å². The maximum Gasteiger partial charge on any atom is 0.344 e. The standard InChI is InChI=1S/C14H21NO4/c1-3-17-13-9-11(7-8-15)5-6-12(13)19-10-14(16)18-4-2/h5-6,9H,3-4,7-8,10,15H2,1-2H3. The summed E-state index contributed by atoms with van der Waals surface area (Å²) in [6, 6.07) is 5.59. The molecule has 0 saturated carbocycles. The maximum absolute atomic E-state index is 11.3. The van der Waals surface area contributed by atoms with E-state index in [0.717, 1.165) is 12.0 Å². The minimum Gasteiger partial charge on any atom is -0.490 e. The highest BCUT2D eigenvalue weighted by Gasteiger charge is 2.09. The minimum atomic E-state index is -0.393. The molecule has 0 aliphatic rings. The zero-order chi connectivity index (χ0) is 14.1. The molecule has 0 atom stereocenters. The summed E-state index contributed by atoms with van der Waals surface area (Å²) in [5, 5.41) is 0. The van der Waals surface area contributed by atoms with Crippen molar-refractivity contribution in [1.82, 2.24) is 0 Å². The first kappa shape index (κ1) is 15.3. The van der Waals surface area contributed by atoms with Crippen molar-refractivity contribution in [2.45, 2.75) is 20.3 Å². The van der Waals surface area contributed by atoms with Crippen LogP contribution in [0.3, 0.4) is 0 Å². The fourth-order valence-electron chi connectivity index (χ4n) is 1.60. The highest BCUT2D eigenvalue weighted by Crippen LogP contribution is 2.28. The summed E-state index contributed by atoms with van der Waals surface area (Å²) in [5.41, 5.74) is 6.60. The van der Waals surface area contributed by atoms with Crippen molar-refractivity contribution in [2.24, 2.45) is 5.73 Å². The summed E-state index contributed by atoms with van der Waals surface area (Å²) in [6.07, 6.45) is 0.776. The molecule has 0 amide bonds. The zero-order valence-corrected chi connectivity index (χ0v) is 11.5. The smallest absolute Gasteiger partial charge is 0.344 e. The van der Waals surface area contributed by atoms with Gasteiger partial charge in [0.2, 0.25) is 0 Å². The number of carbonyl (C=O) groups excluding carboxylic acids is 1. The lowest BCUT2D eigenvalue weighted by atomic mass is 10.1. The molecule has 2 N–H and O–H groups in total. The van der Waals surface area contributed by atoms with Gasteiger partial charge in [0.15, 0.2) is 18.1 Å². The highest BCUT2D eigenvalue weighted by molar-refractivity contribution is 5.71. The Bertz CT molecular complexity index is 406. The van der Waals surface area contributed by atoms with Gasteiger partial charge in [-0.1, -0.05) is 6.07 Å². The molecule has 106 valence electrons. The molecule has 0 spiro atoms. The van der Waals surface area contributed by atoms with E-state index in [2.05, 4.69) is 0 Å². The molecule has 19 heavy (non-hydrogen) atoms. The van der Waals surface area contributed by atoms with E-state index in [1.54, 1.807) is 13.0 Å². The van der Waals surface area contributed by atoms with Crippen molar-refractivity contribution >= 4 is 5.97 Å². The number of esters is 1. The van der Waals surface area contributed by atoms with Crippen LogP contribution in [-0.4, -0.2) is 32.3 Å². The molecule has 0 radical (unpaired) electrons. The van der Waals surface area contributed by atoms with Gasteiger partial charge in [0.05, 0.1) is 13.2 Å². The number of benzene rings is 1. The van der Waals surface area contributed by atoms with Crippen molar-refractivity contribution in [3.63, 3.8) is 0 Å². The maximum atomic E-state index is 11.3. The van der Waals surface area contributed by atoms with E-state index in [9.17, 15) is 4.79 Å². The molecule has 0 bridgehead atoms. The lowest BCUT2D eigenvalue weighted by molar-refractivity contribution is -0.145.